The van der Waals surface area contributed by atoms with Crippen LogP contribution in [-0.2, 0) is 4.79 Å². The largest absolute Gasteiger partial charge is 0.480 e. The molecule has 1 atom stereocenters. The van der Waals surface area contributed by atoms with Crippen molar-refractivity contribution in [3.63, 3.8) is 0 Å². The molecule has 0 radical (unpaired) electrons. The number of hydrogen-bond donors (Lipinski definition) is 3. The van der Waals surface area contributed by atoms with Crippen LogP contribution < -0.4 is 10.6 Å². The standard InChI is InChI=1S/C12H16N2O4/c1-3-9(12(17)18)14(2)10-5-4-7(13)6-8(10)11(15)16/h4-6,9H,3,13H2,1-2H3,(H,15,16)(H,17,18). The van der Waals surface area contributed by atoms with Crippen LogP contribution in [0.25, 0.3) is 0 Å². The summed E-state index contributed by atoms with van der Waals surface area (Å²) in [7, 11) is 1.56. The summed E-state index contributed by atoms with van der Waals surface area (Å²) in [5.74, 6) is -2.13. The van der Waals surface area contributed by atoms with Gasteiger partial charge in [-0.3, -0.25) is 0 Å². The van der Waals surface area contributed by atoms with Gasteiger partial charge < -0.3 is 20.8 Å². The maximum absolute atomic E-state index is 11.1. The van der Waals surface area contributed by atoms with Crippen LogP contribution >= 0.6 is 0 Å². The maximum atomic E-state index is 11.1. The van der Waals surface area contributed by atoms with Crippen LogP contribution in [0, 0.1) is 0 Å². The number of anilines is 2. The van der Waals surface area contributed by atoms with Crippen molar-refractivity contribution in [1.29, 1.82) is 0 Å². The highest BCUT2D eigenvalue weighted by molar-refractivity contribution is 5.96. The molecule has 0 aliphatic rings. The predicted molar refractivity (Wildman–Crippen MR) is 67.9 cm³/mol. The zero-order valence-corrected chi connectivity index (χ0v) is 10.3. The number of hydrogen-bond acceptors (Lipinski definition) is 4. The molecular weight excluding hydrogens is 236 g/mol. The molecule has 6 heteroatoms. The molecule has 18 heavy (non-hydrogen) atoms. The molecule has 0 aliphatic heterocycles. The number of aliphatic carboxylic acids is 1. The monoisotopic (exact) mass is 252 g/mol. The third-order valence-corrected chi connectivity index (χ3v) is 2.77. The third-order valence-electron chi connectivity index (χ3n) is 2.77. The molecule has 0 saturated carbocycles. The van der Waals surface area contributed by atoms with Gasteiger partial charge in [-0.2, -0.15) is 0 Å². The first-order valence-corrected chi connectivity index (χ1v) is 5.47. The number of carboxylic acids is 2. The average molecular weight is 252 g/mol. The number of benzene rings is 1. The summed E-state index contributed by atoms with van der Waals surface area (Å²) in [5, 5.41) is 18.2. The van der Waals surface area contributed by atoms with Crippen molar-refractivity contribution < 1.29 is 19.8 Å². The Morgan fingerprint density at radius 3 is 2.44 bits per heavy atom. The Morgan fingerprint density at radius 1 is 1.39 bits per heavy atom. The second-order valence-electron chi connectivity index (χ2n) is 3.95. The van der Waals surface area contributed by atoms with E-state index in [-0.39, 0.29) is 5.56 Å². The van der Waals surface area contributed by atoms with Gasteiger partial charge in [0.05, 0.1) is 11.3 Å². The van der Waals surface area contributed by atoms with Gasteiger partial charge in [0.1, 0.15) is 6.04 Å². The van der Waals surface area contributed by atoms with E-state index in [9.17, 15) is 9.59 Å². The summed E-state index contributed by atoms with van der Waals surface area (Å²) >= 11 is 0. The van der Waals surface area contributed by atoms with Crippen molar-refractivity contribution in [1.82, 2.24) is 0 Å². The van der Waals surface area contributed by atoms with Gasteiger partial charge in [-0.25, -0.2) is 9.59 Å². The summed E-state index contributed by atoms with van der Waals surface area (Å²) in [5.41, 5.74) is 6.20. The minimum absolute atomic E-state index is 0.00259. The number of nitrogens with zero attached hydrogens (tertiary/aromatic N) is 1. The van der Waals surface area contributed by atoms with Gasteiger partial charge in [0.25, 0.3) is 0 Å². The Bertz CT molecular complexity index is 473. The Morgan fingerprint density at radius 2 is 2.00 bits per heavy atom. The van der Waals surface area contributed by atoms with Crippen LogP contribution in [-0.4, -0.2) is 35.2 Å². The lowest BCUT2D eigenvalue weighted by Gasteiger charge is -2.27. The maximum Gasteiger partial charge on any atom is 0.337 e. The first kappa shape index (κ1) is 13.8. The van der Waals surface area contributed by atoms with Crippen molar-refractivity contribution in [2.24, 2.45) is 0 Å². The minimum atomic E-state index is -1.13. The molecular formula is C12H16N2O4. The lowest BCUT2D eigenvalue weighted by Crippen LogP contribution is -2.38. The lowest BCUT2D eigenvalue weighted by molar-refractivity contribution is -0.138. The second kappa shape index (κ2) is 5.39. The molecule has 0 spiro atoms. The highest BCUT2D eigenvalue weighted by Crippen LogP contribution is 2.24. The fourth-order valence-electron chi connectivity index (χ4n) is 1.81. The van der Waals surface area contributed by atoms with Crippen LogP contribution in [0.4, 0.5) is 11.4 Å². The third kappa shape index (κ3) is 2.71. The van der Waals surface area contributed by atoms with E-state index >= 15 is 0 Å². The molecule has 0 amide bonds. The summed E-state index contributed by atoms with van der Waals surface area (Å²) < 4.78 is 0. The van der Waals surface area contributed by atoms with Crippen LogP contribution in [0.5, 0.6) is 0 Å². The summed E-state index contributed by atoms with van der Waals surface area (Å²) in [6.45, 7) is 1.73. The number of aromatic carboxylic acids is 1. The molecule has 0 bridgehead atoms. The summed E-state index contributed by atoms with van der Waals surface area (Å²) in [6, 6.07) is 3.62. The Kier molecular flexibility index (Phi) is 4.14. The average Bonchev–Trinajstić information content (AvgIpc) is 2.28. The van der Waals surface area contributed by atoms with E-state index in [1.165, 1.54) is 17.0 Å². The SMILES string of the molecule is CCC(C(=O)O)N(C)c1ccc(N)cc1C(=O)O. The normalized spacial score (nSPS) is 11.9. The summed E-state index contributed by atoms with van der Waals surface area (Å²) in [4.78, 5) is 23.6. The molecule has 1 aromatic carbocycles. The molecule has 1 unspecified atom stereocenters. The fourth-order valence-corrected chi connectivity index (χ4v) is 1.81. The van der Waals surface area contributed by atoms with E-state index in [0.29, 0.717) is 17.8 Å². The first-order chi connectivity index (χ1) is 8.38. The van der Waals surface area contributed by atoms with Crippen molar-refractivity contribution in [3.8, 4) is 0 Å². The van der Waals surface area contributed by atoms with Crippen molar-refractivity contribution >= 4 is 23.3 Å². The fraction of sp³-hybridized carbons (Fsp3) is 0.333. The molecule has 98 valence electrons. The number of nitrogen functional groups attached to an aromatic ring is 1. The highest BCUT2D eigenvalue weighted by Gasteiger charge is 2.24. The van der Waals surface area contributed by atoms with Gasteiger partial charge in [-0.15, -0.1) is 0 Å². The summed E-state index contributed by atoms with van der Waals surface area (Å²) in [6.07, 6.45) is 0.370. The lowest BCUT2D eigenvalue weighted by atomic mass is 10.1. The Labute approximate surface area is 105 Å². The second-order valence-corrected chi connectivity index (χ2v) is 3.95. The Balaban J connectivity index is 3.23. The van der Waals surface area contributed by atoms with Gasteiger partial charge in [-0.1, -0.05) is 6.92 Å². The van der Waals surface area contributed by atoms with Gasteiger partial charge in [0.15, 0.2) is 0 Å². The zero-order chi connectivity index (χ0) is 13.9. The van der Waals surface area contributed by atoms with Crippen LogP contribution in [0.1, 0.15) is 23.7 Å². The molecule has 1 rings (SSSR count). The van der Waals surface area contributed by atoms with E-state index in [0.717, 1.165) is 0 Å². The number of likely N-dealkylation sites (N-methyl/N-ethyl adjacent to an activating group) is 1. The quantitative estimate of drug-likeness (QED) is 0.682. The Hall–Kier alpha value is -2.24. The molecule has 0 aromatic heterocycles. The molecule has 1 aromatic rings. The van der Waals surface area contributed by atoms with Gasteiger partial charge in [-0.05, 0) is 24.6 Å². The molecule has 6 nitrogen and oxygen atoms in total. The van der Waals surface area contributed by atoms with Crippen LogP contribution in [0.15, 0.2) is 18.2 Å². The molecule has 0 heterocycles. The number of rotatable bonds is 5. The zero-order valence-electron chi connectivity index (χ0n) is 10.3. The number of carbonyl (C=O) groups is 2. The molecule has 0 saturated heterocycles. The van der Waals surface area contributed by atoms with Gasteiger partial charge >= 0.3 is 11.9 Å². The van der Waals surface area contributed by atoms with Crippen LogP contribution in [0.2, 0.25) is 0 Å². The molecule has 0 aliphatic carbocycles. The van der Waals surface area contributed by atoms with E-state index in [1.54, 1.807) is 20.0 Å². The van der Waals surface area contributed by atoms with E-state index < -0.39 is 18.0 Å². The van der Waals surface area contributed by atoms with Crippen LogP contribution in [0.3, 0.4) is 0 Å². The van der Waals surface area contributed by atoms with Gasteiger partial charge in [0, 0.05) is 12.7 Å². The predicted octanol–water partition coefficient (Wildman–Crippen LogP) is 1.27. The minimum Gasteiger partial charge on any atom is -0.480 e. The van der Waals surface area contributed by atoms with Crippen molar-refractivity contribution in [2.75, 3.05) is 17.7 Å². The first-order valence-electron chi connectivity index (χ1n) is 5.47. The van der Waals surface area contributed by atoms with Crippen molar-refractivity contribution in [3.05, 3.63) is 23.8 Å². The highest BCUT2D eigenvalue weighted by atomic mass is 16.4. The number of carboxylic acid groups (broad SMARTS) is 2. The van der Waals surface area contributed by atoms with E-state index in [2.05, 4.69) is 0 Å². The van der Waals surface area contributed by atoms with Crippen molar-refractivity contribution in [2.45, 2.75) is 19.4 Å². The van der Waals surface area contributed by atoms with E-state index in [1.807, 2.05) is 0 Å². The van der Waals surface area contributed by atoms with E-state index in [4.69, 9.17) is 15.9 Å². The topological polar surface area (TPSA) is 104 Å². The molecule has 4 N–H and O–H groups in total. The smallest absolute Gasteiger partial charge is 0.337 e. The van der Waals surface area contributed by atoms with Gasteiger partial charge in [0.2, 0.25) is 0 Å². The molecule has 0 fully saturated rings. The number of nitrogens with two attached hydrogens (primary N) is 1.